The van der Waals surface area contributed by atoms with Crippen molar-refractivity contribution < 1.29 is 32.3 Å². The van der Waals surface area contributed by atoms with Crippen LogP contribution in [0, 0.1) is 53.0 Å². The first-order chi connectivity index (χ1) is 47.3. The van der Waals surface area contributed by atoms with Crippen molar-refractivity contribution >= 4 is 17.8 Å². The molecule has 2 amide bonds. The standard InChI is InChI=1S/C79H95F3N12O4/c1-76(2,3)87-64(96)26-24-56-61-40-85-91-74(61)79(6)34-29-49-46-16-15-43(71(82)58(46)22-20-54(49)69(56)79)41-30-35-94(36-31-41)93-65(97)12-8-10-51-59-38-83-89-72(59)77(4)33-28-48-45-14-13-42(70(81)57(45)21-19-53(48)67(51)77)37-66-88-92-75(98-66)86-63(95)25-23-55-60-39-84-90-73(60)78(5)32-27-47-44-9-7-11-62(80)50(44)17-18-52(47)68(55)78/h7-11,13-16,38-41,47-49,51-56,65,67-69,93,97H,12,17-37H2,1-6H3,(H,83,89)(H,84,90)(H,85,91)(H,87,96)(H,86,92,95)/b10-8-/t47?,48?,49?,51-,52?,53?,54?,55-,56-,65?,67?,68?,69?,77+,78+,79+/m1/s1. The third-order valence-corrected chi connectivity index (χ3v) is 27.2. The van der Waals surface area contributed by atoms with Gasteiger partial charge in [0.2, 0.25) is 17.7 Å². The van der Waals surface area contributed by atoms with Crippen molar-refractivity contribution in [2.45, 2.75) is 239 Å². The van der Waals surface area contributed by atoms with E-state index >= 15 is 13.2 Å². The Labute approximate surface area is 572 Å². The number of benzene rings is 3. The maximum atomic E-state index is 17.0. The highest BCUT2D eigenvalue weighted by Gasteiger charge is 2.61. The first kappa shape index (κ1) is 64.2. The Hall–Kier alpha value is -7.22. The molecule has 516 valence electrons. The summed E-state index contributed by atoms with van der Waals surface area (Å²) >= 11 is 0. The lowest BCUT2D eigenvalue weighted by Crippen LogP contribution is -2.48. The topological polar surface area (TPSA) is 219 Å². The Kier molecular flexibility index (Phi) is 15.9. The van der Waals surface area contributed by atoms with Gasteiger partial charge in [-0.2, -0.15) is 15.3 Å². The average molecular weight is 1330 g/mol. The van der Waals surface area contributed by atoms with E-state index in [9.17, 15) is 14.7 Å². The van der Waals surface area contributed by atoms with Gasteiger partial charge in [0.1, 0.15) is 23.7 Å². The number of aromatic amines is 3. The van der Waals surface area contributed by atoms with Crippen molar-refractivity contribution in [3.63, 3.8) is 0 Å². The highest BCUT2D eigenvalue weighted by Crippen LogP contribution is 2.68. The minimum atomic E-state index is -0.798. The number of carbonyl (C=O) groups is 2. The van der Waals surface area contributed by atoms with E-state index in [0.29, 0.717) is 68.0 Å². The number of amides is 2. The number of piperidine rings is 1. The van der Waals surface area contributed by atoms with E-state index < -0.39 is 6.23 Å². The predicted octanol–water partition coefficient (Wildman–Crippen LogP) is 14.3. The molecule has 10 aliphatic rings. The Balaban J connectivity index is 0.505. The van der Waals surface area contributed by atoms with Crippen LogP contribution in [0.1, 0.15) is 270 Å². The molecule has 10 unspecified atom stereocenters. The molecule has 1 saturated heterocycles. The number of anilines is 1. The van der Waals surface area contributed by atoms with Crippen LogP contribution in [0.2, 0.25) is 0 Å². The zero-order valence-corrected chi connectivity index (χ0v) is 57.6. The van der Waals surface area contributed by atoms with Crippen LogP contribution in [0.4, 0.5) is 19.2 Å². The second-order valence-corrected chi connectivity index (χ2v) is 33.3. The summed E-state index contributed by atoms with van der Waals surface area (Å²) in [5.41, 5.74) is 17.1. The van der Waals surface area contributed by atoms with E-state index in [1.165, 1.54) is 27.9 Å². The van der Waals surface area contributed by atoms with Crippen LogP contribution in [-0.4, -0.2) is 87.6 Å². The zero-order chi connectivity index (χ0) is 67.3. The number of fused-ring (bicyclic) bond motifs is 21. The number of nitrogens with zero attached hydrogens (tertiary/aromatic N) is 6. The number of allylic oxidation sites excluding steroid dienone is 1. The van der Waals surface area contributed by atoms with Gasteiger partial charge in [0.25, 0.3) is 0 Å². The molecule has 0 spiro atoms. The molecule has 19 heteroatoms. The van der Waals surface area contributed by atoms with E-state index in [0.717, 1.165) is 135 Å². The monoisotopic (exact) mass is 1330 g/mol. The third-order valence-electron chi connectivity index (χ3n) is 27.2. The van der Waals surface area contributed by atoms with E-state index in [1.807, 2.05) is 39.1 Å². The molecule has 16 nitrogen and oxygen atoms in total. The fourth-order valence-corrected chi connectivity index (χ4v) is 23.3. The van der Waals surface area contributed by atoms with E-state index in [-0.39, 0.29) is 129 Å². The molecular weight excluding hydrogens is 1240 g/mol. The normalized spacial score (nSPS) is 32.3. The molecule has 9 aliphatic carbocycles. The number of H-pyrrole nitrogens is 3. The first-order valence-corrected chi connectivity index (χ1v) is 37.1. The summed E-state index contributed by atoms with van der Waals surface area (Å²) in [6.07, 6.45) is 24.5. The summed E-state index contributed by atoms with van der Waals surface area (Å²) in [7, 11) is 0. The minimum Gasteiger partial charge on any atom is -0.407 e. The summed E-state index contributed by atoms with van der Waals surface area (Å²) < 4.78 is 55.0. The number of carbonyl (C=O) groups excluding carboxylic acids is 2. The highest BCUT2D eigenvalue weighted by atomic mass is 19.1. The summed E-state index contributed by atoms with van der Waals surface area (Å²) in [5.74, 6) is 2.99. The van der Waals surface area contributed by atoms with Gasteiger partial charge in [0.05, 0.1) is 23.5 Å². The fourth-order valence-electron chi connectivity index (χ4n) is 23.3. The highest BCUT2D eigenvalue weighted by molar-refractivity contribution is 5.88. The van der Waals surface area contributed by atoms with Crippen LogP contribution < -0.4 is 16.1 Å². The summed E-state index contributed by atoms with van der Waals surface area (Å²) in [6, 6.07) is 13.9. The third kappa shape index (κ3) is 10.5. The average Bonchev–Trinajstić information content (AvgIpc) is 1.53. The Morgan fingerprint density at radius 1 is 0.643 bits per heavy atom. The Bertz CT molecular complexity index is 4270. The number of rotatable bonds is 15. The molecule has 1 aliphatic heterocycles. The molecule has 17 rings (SSSR count). The van der Waals surface area contributed by atoms with Crippen LogP contribution in [0.3, 0.4) is 0 Å². The Morgan fingerprint density at radius 3 is 1.80 bits per heavy atom. The van der Waals surface area contributed by atoms with Crippen molar-refractivity contribution in [3.05, 3.63) is 175 Å². The van der Waals surface area contributed by atoms with Crippen molar-refractivity contribution in [3.8, 4) is 0 Å². The van der Waals surface area contributed by atoms with Crippen LogP contribution in [-0.2, 0) is 51.5 Å². The zero-order valence-electron chi connectivity index (χ0n) is 57.6. The van der Waals surface area contributed by atoms with Gasteiger partial charge < -0.3 is 14.8 Å². The number of hydrogen-bond donors (Lipinski definition) is 7. The summed E-state index contributed by atoms with van der Waals surface area (Å²) in [4.78, 5) is 26.8. The molecule has 7 aromatic rings. The number of nitrogens with one attached hydrogen (secondary N) is 6. The summed E-state index contributed by atoms with van der Waals surface area (Å²) in [5, 5.41) is 52.1. The van der Waals surface area contributed by atoms with Crippen molar-refractivity contribution in [1.29, 1.82) is 0 Å². The van der Waals surface area contributed by atoms with Gasteiger partial charge in [-0.15, -0.1) is 5.10 Å². The minimum absolute atomic E-state index is 0.000621. The van der Waals surface area contributed by atoms with Crippen LogP contribution in [0.5, 0.6) is 0 Å². The number of aromatic nitrogens is 8. The SMILES string of the molecule is CC(C)(C)NC(=O)CC[C@@H]1c2c[nH]nc2[C@@]2(C)CCC3c4ccc(C5CCN(NC(O)C/C=C\[C@@H]6c7c[nH]nc7[C@@]7(C)CCC8c9ccc(Cc%10nnc(NC(=O)CC[C@@H]%11c%12c[nH]nc%12[C@@]%12(C)CCC%13c%14cccc(F)c%14CCC%13C%11%12)o%10)c(F)c9CCC8C67)CC5)c(F)c4CCC3C12. The molecule has 3 saturated carbocycles. The molecule has 3 aromatic carbocycles. The number of aliphatic hydroxyl groups is 1. The van der Waals surface area contributed by atoms with Crippen molar-refractivity contribution in [2.75, 3.05) is 18.4 Å². The smallest absolute Gasteiger partial charge is 0.322 e. The lowest BCUT2D eigenvalue weighted by Gasteiger charge is -2.51. The van der Waals surface area contributed by atoms with Gasteiger partial charge in [0.15, 0.2) is 0 Å². The first-order valence-electron chi connectivity index (χ1n) is 37.1. The number of halogens is 3. The van der Waals surface area contributed by atoms with E-state index in [1.54, 1.807) is 6.07 Å². The number of aliphatic hydroxyl groups excluding tert-OH is 1. The lowest BCUT2D eigenvalue weighted by molar-refractivity contribution is -0.122. The quantitative estimate of drug-likeness (QED) is 0.0378. The van der Waals surface area contributed by atoms with Crippen LogP contribution in [0.25, 0.3) is 0 Å². The Morgan fingerprint density at radius 2 is 1.17 bits per heavy atom. The van der Waals surface area contributed by atoms with Gasteiger partial charge in [0, 0.05) is 84.2 Å². The summed E-state index contributed by atoms with van der Waals surface area (Å²) in [6.45, 7) is 14.6. The second kappa shape index (κ2) is 24.3. The molecule has 98 heavy (non-hydrogen) atoms. The number of hydrazine groups is 1. The molecule has 0 bridgehead atoms. The molecular formula is C79H95F3N12O4. The van der Waals surface area contributed by atoms with E-state index in [4.69, 9.17) is 19.7 Å². The van der Waals surface area contributed by atoms with E-state index in [2.05, 4.69) is 116 Å². The van der Waals surface area contributed by atoms with Crippen molar-refractivity contribution in [2.24, 2.45) is 35.5 Å². The molecule has 5 heterocycles. The van der Waals surface area contributed by atoms with Gasteiger partial charge >= 0.3 is 6.01 Å². The lowest BCUT2D eigenvalue weighted by atomic mass is 9.53. The van der Waals surface area contributed by atoms with Gasteiger partial charge in [-0.25, -0.2) is 23.6 Å². The fraction of sp³-hybridized carbons (Fsp3) is 0.582. The number of hydrogen-bond acceptors (Lipinski definition) is 11. The largest absolute Gasteiger partial charge is 0.407 e. The second-order valence-electron chi connectivity index (χ2n) is 33.3. The molecule has 7 N–H and O–H groups in total. The van der Waals surface area contributed by atoms with Gasteiger partial charge in [-0.1, -0.05) is 74.4 Å². The molecule has 4 aromatic heterocycles. The predicted molar refractivity (Wildman–Crippen MR) is 366 cm³/mol. The molecule has 16 atom stereocenters. The van der Waals surface area contributed by atoms with Crippen molar-refractivity contribution in [1.82, 2.24) is 56.5 Å². The van der Waals surface area contributed by atoms with Gasteiger partial charge in [-0.05, 0) is 256 Å². The molecule has 4 fully saturated rings. The van der Waals surface area contributed by atoms with Crippen LogP contribution >= 0.6 is 0 Å². The maximum Gasteiger partial charge on any atom is 0.322 e. The molecule has 0 radical (unpaired) electrons. The van der Waals surface area contributed by atoms with Gasteiger partial charge in [-0.3, -0.25) is 30.2 Å². The maximum absolute atomic E-state index is 17.0. The van der Waals surface area contributed by atoms with Crippen LogP contribution in [0.15, 0.2) is 77.6 Å².